The van der Waals surface area contributed by atoms with Gasteiger partial charge in [0, 0.05) is 28.7 Å². The van der Waals surface area contributed by atoms with Gasteiger partial charge in [-0.15, -0.1) is 0 Å². The number of ether oxygens (including phenoxy) is 2. The second-order valence-electron chi connectivity index (χ2n) is 5.30. The molecule has 0 atom stereocenters. The van der Waals surface area contributed by atoms with Gasteiger partial charge in [-0.25, -0.2) is 4.79 Å². The van der Waals surface area contributed by atoms with Crippen molar-refractivity contribution in [2.45, 2.75) is 26.4 Å². The van der Waals surface area contributed by atoms with Crippen LogP contribution in [0.15, 0.2) is 18.2 Å². The van der Waals surface area contributed by atoms with Gasteiger partial charge in [-0.1, -0.05) is 29.3 Å². The number of likely N-dealkylation sites (tertiary alicyclic amines) is 1. The van der Waals surface area contributed by atoms with E-state index in [0.717, 1.165) is 0 Å². The molecule has 0 unspecified atom stereocenters. The monoisotopic (exact) mass is 359 g/mol. The Kier molecular flexibility index (Phi) is 6.54. The quantitative estimate of drug-likeness (QED) is 0.764. The molecule has 1 aromatic carbocycles. The van der Waals surface area contributed by atoms with Crippen LogP contribution in [0.2, 0.25) is 10.0 Å². The van der Waals surface area contributed by atoms with Crippen LogP contribution in [0.25, 0.3) is 0 Å². The Hall–Kier alpha value is -1.46. The Morgan fingerprint density at radius 1 is 1.22 bits per heavy atom. The summed E-state index contributed by atoms with van der Waals surface area (Å²) in [6, 6.07) is 5.03. The van der Waals surface area contributed by atoms with Crippen molar-refractivity contribution in [2.75, 3.05) is 19.7 Å². The fraction of sp³-hybridized carbons (Fsp3) is 0.500. The maximum Gasteiger partial charge on any atom is 0.410 e. The summed E-state index contributed by atoms with van der Waals surface area (Å²) in [5, 5.41) is 0.998. The fourth-order valence-electron chi connectivity index (χ4n) is 2.43. The number of rotatable bonds is 4. The van der Waals surface area contributed by atoms with Gasteiger partial charge in [0.25, 0.3) is 0 Å². The molecule has 1 amide bonds. The lowest BCUT2D eigenvalue weighted by Crippen LogP contribution is -2.40. The van der Waals surface area contributed by atoms with Crippen molar-refractivity contribution in [1.82, 2.24) is 4.90 Å². The SMILES string of the molecule is CCOC(=O)C1CCN(C(=O)OCc2ccc(Cl)cc2Cl)CC1. The molecular weight excluding hydrogens is 341 g/mol. The minimum absolute atomic E-state index is 0.0899. The molecule has 0 aliphatic carbocycles. The van der Waals surface area contributed by atoms with Gasteiger partial charge in [-0.05, 0) is 31.9 Å². The van der Waals surface area contributed by atoms with Crippen LogP contribution in [0.3, 0.4) is 0 Å². The van der Waals surface area contributed by atoms with Gasteiger partial charge in [-0.3, -0.25) is 4.79 Å². The molecule has 23 heavy (non-hydrogen) atoms. The molecular formula is C16H19Cl2NO4. The van der Waals surface area contributed by atoms with Crippen molar-refractivity contribution in [3.8, 4) is 0 Å². The third-order valence-electron chi connectivity index (χ3n) is 3.74. The molecule has 0 saturated carbocycles. The molecule has 0 aromatic heterocycles. The molecule has 2 rings (SSSR count). The molecule has 0 spiro atoms. The largest absolute Gasteiger partial charge is 0.466 e. The Labute approximate surface area is 145 Å². The van der Waals surface area contributed by atoms with Gasteiger partial charge in [0.05, 0.1) is 12.5 Å². The number of halogens is 2. The maximum absolute atomic E-state index is 12.1. The van der Waals surface area contributed by atoms with Crippen LogP contribution in [0.4, 0.5) is 4.79 Å². The average Bonchev–Trinajstić information content (AvgIpc) is 2.54. The smallest absolute Gasteiger partial charge is 0.410 e. The number of piperidine rings is 1. The highest BCUT2D eigenvalue weighted by Crippen LogP contribution is 2.23. The van der Waals surface area contributed by atoms with Crippen LogP contribution in [0.5, 0.6) is 0 Å². The molecule has 1 saturated heterocycles. The van der Waals surface area contributed by atoms with E-state index in [4.69, 9.17) is 32.7 Å². The summed E-state index contributed by atoms with van der Waals surface area (Å²) in [6.07, 6.45) is 0.781. The van der Waals surface area contributed by atoms with Gasteiger partial charge >= 0.3 is 12.1 Å². The zero-order valence-electron chi connectivity index (χ0n) is 12.9. The zero-order chi connectivity index (χ0) is 16.8. The Bertz CT molecular complexity index is 571. The first kappa shape index (κ1) is 17.9. The van der Waals surface area contributed by atoms with Crippen LogP contribution in [-0.4, -0.2) is 36.7 Å². The zero-order valence-corrected chi connectivity index (χ0v) is 14.4. The first-order valence-corrected chi connectivity index (χ1v) is 8.29. The second-order valence-corrected chi connectivity index (χ2v) is 6.15. The highest BCUT2D eigenvalue weighted by molar-refractivity contribution is 6.35. The lowest BCUT2D eigenvalue weighted by Gasteiger charge is -2.30. The number of benzene rings is 1. The van der Waals surface area contributed by atoms with E-state index in [1.807, 2.05) is 0 Å². The molecule has 1 heterocycles. The molecule has 1 fully saturated rings. The Balaban J connectivity index is 1.80. The normalized spacial score (nSPS) is 15.3. The van der Waals surface area contributed by atoms with Crippen molar-refractivity contribution in [1.29, 1.82) is 0 Å². The highest BCUT2D eigenvalue weighted by Gasteiger charge is 2.28. The molecule has 7 heteroatoms. The summed E-state index contributed by atoms with van der Waals surface area (Å²) in [5.74, 6) is -0.321. The van der Waals surface area contributed by atoms with Crippen molar-refractivity contribution in [3.05, 3.63) is 33.8 Å². The van der Waals surface area contributed by atoms with E-state index in [9.17, 15) is 9.59 Å². The van der Waals surface area contributed by atoms with Crippen LogP contribution in [-0.2, 0) is 20.9 Å². The molecule has 0 N–H and O–H groups in total. The van der Waals surface area contributed by atoms with Crippen molar-refractivity contribution in [3.63, 3.8) is 0 Å². The van der Waals surface area contributed by atoms with Crippen molar-refractivity contribution >= 4 is 35.3 Å². The van der Waals surface area contributed by atoms with Crippen LogP contribution in [0, 0.1) is 5.92 Å². The molecule has 1 aliphatic heterocycles. The predicted octanol–water partition coefficient (Wildman–Crippen LogP) is 3.91. The lowest BCUT2D eigenvalue weighted by atomic mass is 9.97. The fourth-order valence-corrected chi connectivity index (χ4v) is 2.89. The van der Waals surface area contributed by atoms with Crippen molar-refractivity contribution in [2.24, 2.45) is 5.92 Å². The van der Waals surface area contributed by atoms with Gasteiger partial charge in [0.15, 0.2) is 0 Å². The van der Waals surface area contributed by atoms with E-state index in [0.29, 0.717) is 48.1 Å². The van der Waals surface area contributed by atoms with Crippen LogP contribution in [0.1, 0.15) is 25.3 Å². The summed E-state index contributed by atoms with van der Waals surface area (Å²) < 4.78 is 10.3. The van der Waals surface area contributed by atoms with E-state index in [1.54, 1.807) is 30.0 Å². The van der Waals surface area contributed by atoms with E-state index in [1.165, 1.54) is 0 Å². The molecule has 5 nitrogen and oxygen atoms in total. The predicted molar refractivity (Wildman–Crippen MR) is 87.6 cm³/mol. The average molecular weight is 360 g/mol. The summed E-state index contributed by atoms with van der Waals surface area (Å²) >= 11 is 11.9. The Morgan fingerprint density at radius 3 is 2.52 bits per heavy atom. The number of nitrogens with zero attached hydrogens (tertiary/aromatic N) is 1. The third-order valence-corrected chi connectivity index (χ3v) is 4.33. The number of hydrogen-bond donors (Lipinski definition) is 0. The minimum Gasteiger partial charge on any atom is -0.466 e. The first-order chi connectivity index (χ1) is 11.0. The number of hydrogen-bond acceptors (Lipinski definition) is 4. The molecule has 1 aromatic rings. The number of amides is 1. The third kappa shape index (κ3) is 5.01. The molecule has 0 radical (unpaired) electrons. The van der Waals surface area contributed by atoms with Crippen molar-refractivity contribution < 1.29 is 19.1 Å². The van der Waals surface area contributed by atoms with Gasteiger partial charge in [-0.2, -0.15) is 0 Å². The minimum atomic E-state index is -0.404. The number of carbonyl (C=O) groups excluding carboxylic acids is 2. The molecule has 1 aliphatic rings. The lowest BCUT2D eigenvalue weighted by molar-refractivity contribution is -0.149. The Morgan fingerprint density at radius 2 is 1.91 bits per heavy atom. The number of carbonyl (C=O) groups is 2. The van der Waals surface area contributed by atoms with Gasteiger partial charge < -0.3 is 14.4 Å². The standard InChI is InChI=1S/C16H19Cl2NO4/c1-2-22-15(20)11-5-7-19(8-6-11)16(21)23-10-12-3-4-13(17)9-14(12)18/h3-4,9,11H,2,5-8,10H2,1H3. The van der Waals surface area contributed by atoms with E-state index < -0.39 is 6.09 Å². The number of esters is 1. The molecule has 0 bridgehead atoms. The van der Waals surface area contributed by atoms with Crippen LogP contribution < -0.4 is 0 Å². The second kappa shape index (κ2) is 8.41. The highest BCUT2D eigenvalue weighted by atomic mass is 35.5. The summed E-state index contributed by atoms with van der Waals surface area (Å²) in [7, 11) is 0. The summed E-state index contributed by atoms with van der Waals surface area (Å²) in [4.78, 5) is 25.3. The topological polar surface area (TPSA) is 55.8 Å². The van der Waals surface area contributed by atoms with Gasteiger partial charge in [0.1, 0.15) is 6.61 Å². The van der Waals surface area contributed by atoms with Crippen LogP contribution >= 0.6 is 23.2 Å². The first-order valence-electron chi connectivity index (χ1n) is 7.53. The summed E-state index contributed by atoms with van der Waals surface area (Å²) in [6.45, 7) is 3.22. The van der Waals surface area contributed by atoms with E-state index in [2.05, 4.69) is 0 Å². The van der Waals surface area contributed by atoms with E-state index >= 15 is 0 Å². The maximum atomic E-state index is 12.1. The molecule has 126 valence electrons. The van der Waals surface area contributed by atoms with Gasteiger partial charge in [0.2, 0.25) is 0 Å². The van der Waals surface area contributed by atoms with E-state index in [-0.39, 0.29) is 18.5 Å². The summed E-state index contributed by atoms with van der Waals surface area (Å²) in [5.41, 5.74) is 0.700.